The predicted octanol–water partition coefficient (Wildman–Crippen LogP) is 2.72. The molecule has 29 heavy (non-hydrogen) atoms. The number of nitrogens with zero attached hydrogens (tertiary/aromatic N) is 5. The lowest BCUT2D eigenvalue weighted by atomic mass is 10.2. The minimum Gasteiger partial charge on any atom is -0.497 e. The highest BCUT2D eigenvalue weighted by molar-refractivity contribution is 5.87. The summed E-state index contributed by atoms with van der Waals surface area (Å²) in [6.07, 6.45) is 3.48. The molecule has 0 amide bonds. The monoisotopic (exact) mass is 397 g/mol. The molecule has 10 heteroatoms. The van der Waals surface area contributed by atoms with Crippen LogP contribution in [0.3, 0.4) is 0 Å². The van der Waals surface area contributed by atoms with E-state index in [0.29, 0.717) is 43.3 Å². The Bertz CT molecular complexity index is 1020. The number of methoxy groups -OCH3 is 1. The van der Waals surface area contributed by atoms with Gasteiger partial charge in [-0.15, -0.1) is 0 Å². The Morgan fingerprint density at radius 1 is 1.21 bits per heavy atom. The van der Waals surface area contributed by atoms with Crippen molar-refractivity contribution in [1.82, 2.24) is 14.8 Å². The summed E-state index contributed by atoms with van der Waals surface area (Å²) in [4.78, 5) is 10.4. The first-order chi connectivity index (χ1) is 14.1. The van der Waals surface area contributed by atoms with E-state index < -0.39 is 4.92 Å². The van der Waals surface area contributed by atoms with E-state index in [4.69, 9.17) is 13.9 Å². The van der Waals surface area contributed by atoms with Gasteiger partial charge in [-0.25, -0.2) is 4.68 Å². The van der Waals surface area contributed by atoms with Gasteiger partial charge in [0.05, 0.1) is 51.4 Å². The van der Waals surface area contributed by atoms with Crippen LogP contribution in [0.2, 0.25) is 0 Å². The zero-order valence-corrected chi connectivity index (χ0v) is 15.7. The second kappa shape index (κ2) is 8.15. The third kappa shape index (κ3) is 4.11. The molecule has 1 aromatic carbocycles. The number of benzene rings is 1. The molecule has 1 aliphatic rings. The number of morpholine rings is 1. The van der Waals surface area contributed by atoms with Gasteiger partial charge in [0, 0.05) is 11.8 Å². The molecular weight excluding hydrogens is 378 g/mol. The van der Waals surface area contributed by atoms with Gasteiger partial charge in [0.15, 0.2) is 5.76 Å². The minimum absolute atomic E-state index is 0.299. The summed E-state index contributed by atoms with van der Waals surface area (Å²) in [5, 5.41) is 21.9. The summed E-state index contributed by atoms with van der Waals surface area (Å²) >= 11 is 0. The van der Waals surface area contributed by atoms with Crippen LogP contribution in [-0.4, -0.2) is 59.3 Å². The van der Waals surface area contributed by atoms with Crippen LogP contribution >= 0.6 is 0 Å². The van der Waals surface area contributed by atoms with Gasteiger partial charge in [-0.3, -0.25) is 15.1 Å². The highest BCUT2D eigenvalue weighted by Gasteiger charge is 2.19. The van der Waals surface area contributed by atoms with Gasteiger partial charge in [0.1, 0.15) is 16.4 Å². The van der Waals surface area contributed by atoms with Crippen molar-refractivity contribution in [1.29, 1.82) is 0 Å². The van der Waals surface area contributed by atoms with E-state index in [9.17, 15) is 10.1 Å². The zero-order valence-electron chi connectivity index (χ0n) is 15.7. The van der Waals surface area contributed by atoms with Gasteiger partial charge in [0.2, 0.25) is 0 Å². The number of aromatic nitrogens is 2. The number of rotatable bonds is 6. The third-order valence-electron chi connectivity index (χ3n) is 4.43. The summed E-state index contributed by atoms with van der Waals surface area (Å²) in [6, 6.07) is 10.2. The maximum atomic E-state index is 11.0. The molecule has 0 N–H and O–H groups in total. The van der Waals surface area contributed by atoms with Crippen molar-refractivity contribution in [3.05, 3.63) is 58.3 Å². The topological polar surface area (TPSA) is 108 Å². The minimum atomic E-state index is -0.578. The van der Waals surface area contributed by atoms with E-state index in [1.807, 2.05) is 29.3 Å². The SMILES string of the molecule is COc1ccc(-n2cc(/C=N/N3CCOCC3)c(-c3ccc([N+](=O)[O-])o3)n2)cc1. The van der Waals surface area contributed by atoms with Crippen molar-refractivity contribution in [3.63, 3.8) is 0 Å². The quantitative estimate of drug-likeness (QED) is 0.357. The van der Waals surface area contributed by atoms with Crippen molar-refractivity contribution < 1.29 is 18.8 Å². The number of hydrazone groups is 1. The first-order valence-electron chi connectivity index (χ1n) is 8.99. The van der Waals surface area contributed by atoms with Crippen molar-refractivity contribution in [2.24, 2.45) is 5.10 Å². The molecule has 1 fully saturated rings. The van der Waals surface area contributed by atoms with Crippen molar-refractivity contribution >= 4 is 12.1 Å². The molecule has 0 saturated carbocycles. The van der Waals surface area contributed by atoms with Gasteiger partial charge in [0.25, 0.3) is 0 Å². The molecule has 10 nitrogen and oxygen atoms in total. The van der Waals surface area contributed by atoms with E-state index in [0.717, 1.165) is 11.4 Å². The van der Waals surface area contributed by atoms with Crippen LogP contribution in [-0.2, 0) is 4.74 Å². The lowest BCUT2D eigenvalue weighted by molar-refractivity contribution is -0.401. The van der Waals surface area contributed by atoms with Crippen LogP contribution in [0.1, 0.15) is 5.56 Å². The Kier molecular flexibility index (Phi) is 5.25. The lowest BCUT2D eigenvalue weighted by Gasteiger charge is -2.23. The fraction of sp³-hybridized carbons (Fsp3) is 0.263. The van der Waals surface area contributed by atoms with Crippen LogP contribution in [0.15, 0.2) is 52.1 Å². The fourth-order valence-electron chi connectivity index (χ4n) is 2.91. The average Bonchev–Trinajstić information content (AvgIpc) is 3.40. The summed E-state index contributed by atoms with van der Waals surface area (Å²) in [7, 11) is 1.60. The van der Waals surface area contributed by atoms with Crippen LogP contribution in [0.4, 0.5) is 5.88 Å². The Labute approximate surface area is 166 Å². The summed E-state index contributed by atoms with van der Waals surface area (Å²) in [5.41, 5.74) is 1.95. The van der Waals surface area contributed by atoms with E-state index >= 15 is 0 Å². The Morgan fingerprint density at radius 2 is 1.97 bits per heavy atom. The molecule has 0 unspecified atom stereocenters. The molecule has 150 valence electrons. The number of hydrogen-bond acceptors (Lipinski definition) is 8. The highest BCUT2D eigenvalue weighted by atomic mass is 16.6. The first kappa shape index (κ1) is 18.7. The second-order valence-corrected chi connectivity index (χ2v) is 6.28. The molecule has 2 aromatic heterocycles. The maximum Gasteiger partial charge on any atom is 0.433 e. The van der Waals surface area contributed by atoms with E-state index in [-0.39, 0.29) is 5.88 Å². The van der Waals surface area contributed by atoms with Crippen LogP contribution < -0.4 is 4.74 Å². The van der Waals surface area contributed by atoms with Gasteiger partial charge in [-0.05, 0) is 30.3 Å². The van der Waals surface area contributed by atoms with Gasteiger partial charge >= 0.3 is 5.88 Å². The molecule has 0 radical (unpaired) electrons. The van der Waals surface area contributed by atoms with Crippen LogP contribution in [0.5, 0.6) is 5.75 Å². The molecule has 1 aliphatic heterocycles. The van der Waals surface area contributed by atoms with E-state index in [1.165, 1.54) is 12.1 Å². The summed E-state index contributed by atoms with van der Waals surface area (Å²) in [6.45, 7) is 2.65. The fourth-order valence-corrected chi connectivity index (χ4v) is 2.91. The number of nitro groups is 1. The number of furan rings is 1. The standard InChI is InChI=1S/C19H19N5O5/c1-27-16-4-2-15(3-5-16)23-13-14(12-20-22-8-10-28-11-9-22)19(21-23)17-6-7-18(29-17)24(25)26/h2-7,12-13H,8-11H2,1H3/b20-12+. The predicted molar refractivity (Wildman–Crippen MR) is 104 cm³/mol. The van der Waals surface area contributed by atoms with Crippen molar-refractivity contribution in [2.45, 2.75) is 0 Å². The molecule has 3 heterocycles. The largest absolute Gasteiger partial charge is 0.497 e. The molecule has 3 aromatic rings. The maximum absolute atomic E-state index is 11.0. The summed E-state index contributed by atoms with van der Waals surface area (Å²) in [5.74, 6) is 0.694. The molecule has 0 bridgehead atoms. The highest BCUT2D eigenvalue weighted by Crippen LogP contribution is 2.28. The molecule has 0 atom stereocenters. The molecule has 1 saturated heterocycles. The van der Waals surface area contributed by atoms with Crippen molar-refractivity contribution in [3.8, 4) is 22.9 Å². The second-order valence-electron chi connectivity index (χ2n) is 6.28. The molecule has 0 aliphatic carbocycles. The van der Waals surface area contributed by atoms with Gasteiger partial charge in [-0.1, -0.05) is 0 Å². The van der Waals surface area contributed by atoms with E-state index in [1.54, 1.807) is 24.2 Å². The molecular formula is C19H19N5O5. The zero-order chi connectivity index (χ0) is 20.2. The van der Waals surface area contributed by atoms with Crippen molar-refractivity contribution in [2.75, 3.05) is 33.4 Å². The number of ether oxygens (including phenoxy) is 2. The Balaban J connectivity index is 1.70. The van der Waals surface area contributed by atoms with Crippen LogP contribution in [0.25, 0.3) is 17.1 Å². The van der Waals surface area contributed by atoms with Gasteiger partial charge < -0.3 is 13.9 Å². The Morgan fingerprint density at radius 3 is 2.62 bits per heavy atom. The summed E-state index contributed by atoms with van der Waals surface area (Å²) < 4.78 is 17.5. The molecule has 4 rings (SSSR count). The normalized spacial score (nSPS) is 14.4. The average molecular weight is 397 g/mol. The lowest BCUT2D eigenvalue weighted by Crippen LogP contribution is -2.32. The van der Waals surface area contributed by atoms with E-state index in [2.05, 4.69) is 10.2 Å². The smallest absolute Gasteiger partial charge is 0.433 e. The van der Waals surface area contributed by atoms with Gasteiger partial charge in [-0.2, -0.15) is 10.2 Å². The van der Waals surface area contributed by atoms with Crippen LogP contribution in [0, 0.1) is 10.1 Å². The third-order valence-corrected chi connectivity index (χ3v) is 4.43. The molecule has 0 spiro atoms. The Hall–Kier alpha value is -3.66. The number of hydrogen-bond donors (Lipinski definition) is 0. The first-order valence-corrected chi connectivity index (χ1v) is 8.99.